The minimum absolute atomic E-state index is 0.473. The summed E-state index contributed by atoms with van der Waals surface area (Å²) >= 11 is 0. The second-order valence-corrected chi connectivity index (χ2v) is 5.41. The van der Waals surface area contributed by atoms with Gasteiger partial charge in [-0.3, -0.25) is 0 Å². The molecule has 0 radical (unpaired) electrons. The Morgan fingerprint density at radius 1 is 1.23 bits per heavy atom. The van der Waals surface area contributed by atoms with Crippen LogP contribution in [0.3, 0.4) is 0 Å². The van der Waals surface area contributed by atoms with Gasteiger partial charge in [0.2, 0.25) is 0 Å². The van der Waals surface area contributed by atoms with Gasteiger partial charge < -0.3 is 5.32 Å². The van der Waals surface area contributed by atoms with E-state index < -0.39 is 0 Å². The lowest BCUT2D eigenvalue weighted by Gasteiger charge is -2.19. The van der Waals surface area contributed by atoms with E-state index in [9.17, 15) is 0 Å². The highest BCUT2D eigenvalue weighted by Crippen LogP contribution is 2.17. The number of hydrogen-bond donors (Lipinski definition) is 1. The molecule has 1 unspecified atom stereocenters. The zero-order chi connectivity index (χ0) is 10.3. The van der Waals surface area contributed by atoms with E-state index in [0.29, 0.717) is 5.41 Å². The molecule has 0 saturated carbocycles. The summed E-state index contributed by atoms with van der Waals surface area (Å²) in [6.07, 6.45) is 3.93. The number of rotatable bonds is 6. The van der Waals surface area contributed by atoms with Crippen molar-refractivity contribution in [2.45, 2.75) is 53.9 Å². The minimum Gasteiger partial charge on any atom is -0.316 e. The second kappa shape index (κ2) is 6.42. The smallest absolute Gasteiger partial charge is 0.00232 e. The van der Waals surface area contributed by atoms with Gasteiger partial charge in [-0.2, -0.15) is 0 Å². The van der Waals surface area contributed by atoms with Gasteiger partial charge >= 0.3 is 0 Å². The van der Waals surface area contributed by atoms with Crippen LogP contribution in [0, 0.1) is 11.3 Å². The highest BCUT2D eigenvalue weighted by atomic mass is 14.9. The molecule has 0 spiro atoms. The van der Waals surface area contributed by atoms with Crippen molar-refractivity contribution in [3.05, 3.63) is 0 Å². The van der Waals surface area contributed by atoms with Gasteiger partial charge in [0.25, 0.3) is 0 Å². The maximum atomic E-state index is 3.53. The van der Waals surface area contributed by atoms with Gasteiger partial charge in [0.15, 0.2) is 0 Å². The summed E-state index contributed by atoms with van der Waals surface area (Å²) in [7, 11) is 0. The van der Waals surface area contributed by atoms with E-state index in [1.165, 1.54) is 25.8 Å². The zero-order valence-corrected chi connectivity index (χ0v) is 10.1. The first-order valence-electron chi connectivity index (χ1n) is 5.66. The maximum Gasteiger partial charge on any atom is -0.00232 e. The standard InChI is InChI=1S/C12H27N/c1-6-7-11(2)10-13-9-8-12(3,4)5/h11,13H,6-10H2,1-5H3. The fourth-order valence-corrected chi connectivity index (χ4v) is 1.41. The second-order valence-electron chi connectivity index (χ2n) is 5.41. The fraction of sp³-hybridized carbons (Fsp3) is 1.00. The molecule has 1 nitrogen and oxygen atoms in total. The Morgan fingerprint density at radius 3 is 2.31 bits per heavy atom. The van der Waals surface area contributed by atoms with Crippen molar-refractivity contribution < 1.29 is 0 Å². The van der Waals surface area contributed by atoms with E-state index in [4.69, 9.17) is 0 Å². The third-order valence-corrected chi connectivity index (χ3v) is 2.33. The summed E-state index contributed by atoms with van der Waals surface area (Å²) in [5.41, 5.74) is 0.473. The summed E-state index contributed by atoms with van der Waals surface area (Å²) in [5.74, 6) is 0.838. The van der Waals surface area contributed by atoms with Gasteiger partial charge in [0, 0.05) is 0 Å². The molecule has 0 saturated heterocycles. The molecule has 0 aromatic heterocycles. The Labute approximate surface area is 84.3 Å². The highest BCUT2D eigenvalue weighted by Gasteiger charge is 2.09. The molecular formula is C12H27N. The van der Waals surface area contributed by atoms with E-state index in [0.717, 1.165) is 12.5 Å². The molecule has 1 atom stereocenters. The van der Waals surface area contributed by atoms with Crippen LogP contribution in [0.15, 0.2) is 0 Å². The third-order valence-electron chi connectivity index (χ3n) is 2.33. The lowest BCUT2D eigenvalue weighted by Crippen LogP contribution is -2.25. The van der Waals surface area contributed by atoms with Crippen molar-refractivity contribution in [3.63, 3.8) is 0 Å². The van der Waals surface area contributed by atoms with E-state index >= 15 is 0 Å². The largest absolute Gasteiger partial charge is 0.316 e. The van der Waals surface area contributed by atoms with Crippen LogP contribution in [0.5, 0.6) is 0 Å². The van der Waals surface area contributed by atoms with Crippen LogP contribution in [0.25, 0.3) is 0 Å². The van der Waals surface area contributed by atoms with Crippen molar-refractivity contribution in [1.82, 2.24) is 5.32 Å². The van der Waals surface area contributed by atoms with Crippen LogP contribution < -0.4 is 5.32 Å². The van der Waals surface area contributed by atoms with Crippen LogP contribution in [-0.4, -0.2) is 13.1 Å². The van der Waals surface area contributed by atoms with E-state index in [2.05, 4.69) is 39.9 Å². The molecule has 0 aliphatic heterocycles. The van der Waals surface area contributed by atoms with Gasteiger partial charge in [0.05, 0.1) is 0 Å². The molecule has 0 heterocycles. The Bertz CT molecular complexity index is 113. The molecule has 1 heteroatoms. The Balaban J connectivity index is 3.25. The van der Waals surface area contributed by atoms with Crippen molar-refractivity contribution >= 4 is 0 Å². The van der Waals surface area contributed by atoms with Crippen molar-refractivity contribution in [2.24, 2.45) is 11.3 Å². The molecule has 13 heavy (non-hydrogen) atoms. The summed E-state index contributed by atoms with van der Waals surface area (Å²) in [6.45, 7) is 13.8. The topological polar surface area (TPSA) is 12.0 Å². The van der Waals surface area contributed by atoms with Crippen molar-refractivity contribution in [1.29, 1.82) is 0 Å². The molecule has 0 aliphatic carbocycles. The monoisotopic (exact) mass is 185 g/mol. The molecule has 0 bridgehead atoms. The first-order valence-corrected chi connectivity index (χ1v) is 5.66. The lowest BCUT2D eigenvalue weighted by atomic mass is 9.92. The fourth-order valence-electron chi connectivity index (χ4n) is 1.41. The quantitative estimate of drug-likeness (QED) is 0.625. The van der Waals surface area contributed by atoms with Gasteiger partial charge in [-0.15, -0.1) is 0 Å². The minimum atomic E-state index is 0.473. The first-order chi connectivity index (χ1) is 5.95. The SMILES string of the molecule is CCCC(C)CNCCC(C)(C)C. The molecular weight excluding hydrogens is 158 g/mol. The predicted octanol–water partition coefficient (Wildman–Crippen LogP) is 3.45. The molecule has 0 amide bonds. The average molecular weight is 185 g/mol. The molecule has 0 fully saturated rings. The molecule has 80 valence electrons. The van der Waals surface area contributed by atoms with Crippen LogP contribution in [0.2, 0.25) is 0 Å². The molecule has 0 aromatic carbocycles. The average Bonchev–Trinajstić information content (AvgIpc) is 1.97. The van der Waals surface area contributed by atoms with E-state index in [-0.39, 0.29) is 0 Å². The van der Waals surface area contributed by atoms with Crippen LogP contribution in [-0.2, 0) is 0 Å². The summed E-state index contributed by atoms with van der Waals surface area (Å²) < 4.78 is 0. The van der Waals surface area contributed by atoms with Gasteiger partial charge in [-0.25, -0.2) is 0 Å². The Hall–Kier alpha value is -0.0400. The lowest BCUT2D eigenvalue weighted by molar-refractivity contribution is 0.357. The van der Waals surface area contributed by atoms with E-state index in [1.54, 1.807) is 0 Å². The predicted molar refractivity (Wildman–Crippen MR) is 61.0 cm³/mol. The van der Waals surface area contributed by atoms with Crippen LogP contribution in [0.1, 0.15) is 53.9 Å². The molecule has 0 aliphatic rings. The van der Waals surface area contributed by atoms with Crippen LogP contribution >= 0.6 is 0 Å². The van der Waals surface area contributed by atoms with Crippen LogP contribution in [0.4, 0.5) is 0 Å². The number of hydrogen-bond acceptors (Lipinski definition) is 1. The third kappa shape index (κ3) is 9.88. The summed E-state index contributed by atoms with van der Waals surface area (Å²) in [5, 5.41) is 3.53. The molecule has 0 rings (SSSR count). The first kappa shape index (κ1) is 13.0. The highest BCUT2D eigenvalue weighted by molar-refractivity contribution is 4.64. The molecule has 0 aromatic rings. The van der Waals surface area contributed by atoms with Gasteiger partial charge in [-0.1, -0.05) is 41.0 Å². The zero-order valence-electron chi connectivity index (χ0n) is 10.1. The Kier molecular flexibility index (Phi) is 6.40. The van der Waals surface area contributed by atoms with E-state index in [1.807, 2.05) is 0 Å². The van der Waals surface area contributed by atoms with Crippen molar-refractivity contribution in [2.75, 3.05) is 13.1 Å². The Morgan fingerprint density at radius 2 is 1.85 bits per heavy atom. The normalized spacial score (nSPS) is 14.5. The van der Waals surface area contributed by atoms with Gasteiger partial charge in [-0.05, 0) is 37.3 Å². The van der Waals surface area contributed by atoms with Crippen molar-refractivity contribution in [3.8, 4) is 0 Å². The summed E-state index contributed by atoms with van der Waals surface area (Å²) in [4.78, 5) is 0. The number of nitrogens with one attached hydrogen (secondary N) is 1. The maximum absolute atomic E-state index is 3.53. The molecule has 1 N–H and O–H groups in total. The van der Waals surface area contributed by atoms with Gasteiger partial charge in [0.1, 0.15) is 0 Å². The summed E-state index contributed by atoms with van der Waals surface area (Å²) in [6, 6.07) is 0.